The second-order valence-corrected chi connectivity index (χ2v) is 5.45. The molecule has 19 heavy (non-hydrogen) atoms. The van der Waals surface area contributed by atoms with Gasteiger partial charge in [-0.1, -0.05) is 29.8 Å². The van der Waals surface area contributed by atoms with Gasteiger partial charge in [0.25, 0.3) is 0 Å². The van der Waals surface area contributed by atoms with E-state index in [4.69, 9.17) is 0 Å². The summed E-state index contributed by atoms with van der Waals surface area (Å²) >= 11 is 1.59. The highest BCUT2D eigenvalue weighted by Gasteiger charge is 2.11. The lowest BCUT2D eigenvalue weighted by molar-refractivity contribution is -0.127. The maximum Gasteiger partial charge on any atom is 0.233 e. The van der Waals surface area contributed by atoms with Crippen molar-refractivity contribution in [3.63, 3.8) is 0 Å². The van der Waals surface area contributed by atoms with Gasteiger partial charge in [-0.15, -0.1) is 24.9 Å². The Bertz CT molecular complexity index is 458. The van der Waals surface area contributed by atoms with Gasteiger partial charge in [0.05, 0.1) is 5.75 Å². The van der Waals surface area contributed by atoms with Gasteiger partial charge in [-0.25, -0.2) is 0 Å². The molecule has 1 aromatic rings. The van der Waals surface area contributed by atoms with Crippen molar-refractivity contribution < 1.29 is 4.79 Å². The topological polar surface area (TPSA) is 20.3 Å². The Labute approximate surface area is 120 Å². The Morgan fingerprint density at radius 3 is 2.47 bits per heavy atom. The zero-order valence-corrected chi connectivity index (χ0v) is 12.5. The Hall–Kier alpha value is -1.48. The van der Waals surface area contributed by atoms with Crippen molar-refractivity contribution in [2.75, 3.05) is 18.8 Å². The summed E-state index contributed by atoms with van der Waals surface area (Å²) in [6, 6.07) is 6.30. The van der Waals surface area contributed by atoms with Crippen molar-refractivity contribution in [1.82, 2.24) is 4.90 Å². The minimum absolute atomic E-state index is 0.116. The molecule has 0 atom stereocenters. The van der Waals surface area contributed by atoms with Crippen LogP contribution >= 0.6 is 11.8 Å². The standard InChI is InChI=1S/C16H21NOS/c1-5-9-17(10-6-2)16(18)12-19-15-11-13(3)7-8-14(15)4/h5-8,11H,1-2,9-10,12H2,3-4H3. The van der Waals surface area contributed by atoms with E-state index in [1.807, 2.05) is 0 Å². The van der Waals surface area contributed by atoms with E-state index in [0.717, 1.165) is 0 Å². The van der Waals surface area contributed by atoms with E-state index in [2.05, 4.69) is 45.2 Å². The van der Waals surface area contributed by atoms with Gasteiger partial charge in [0.1, 0.15) is 0 Å². The summed E-state index contributed by atoms with van der Waals surface area (Å²) in [5, 5.41) is 0. The average Bonchev–Trinajstić information content (AvgIpc) is 2.39. The van der Waals surface area contributed by atoms with Crippen LogP contribution in [0.5, 0.6) is 0 Å². The number of hydrogen-bond donors (Lipinski definition) is 0. The molecule has 0 unspecified atom stereocenters. The second kappa shape index (κ2) is 7.85. The summed E-state index contributed by atoms with van der Waals surface area (Å²) in [5.41, 5.74) is 2.43. The first kappa shape index (κ1) is 15.6. The molecule has 0 radical (unpaired) electrons. The molecule has 0 spiro atoms. The van der Waals surface area contributed by atoms with Crippen molar-refractivity contribution in [3.05, 3.63) is 54.6 Å². The van der Waals surface area contributed by atoms with Crippen molar-refractivity contribution in [1.29, 1.82) is 0 Å². The summed E-state index contributed by atoms with van der Waals surface area (Å²) < 4.78 is 0. The third kappa shape index (κ3) is 4.95. The van der Waals surface area contributed by atoms with Crippen LogP contribution in [-0.4, -0.2) is 29.6 Å². The fraction of sp³-hybridized carbons (Fsp3) is 0.312. The summed E-state index contributed by atoms with van der Waals surface area (Å²) in [4.78, 5) is 15.0. The van der Waals surface area contributed by atoms with E-state index >= 15 is 0 Å². The Morgan fingerprint density at radius 2 is 1.89 bits per heavy atom. The Balaban J connectivity index is 2.63. The number of amides is 1. The number of aryl methyl sites for hydroxylation is 2. The normalized spacial score (nSPS) is 10.0. The number of nitrogens with zero attached hydrogens (tertiary/aromatic N) is 1. The summed E-state index contributed by atoms with van der Waals surface area (Å²) in [7, 11) is 0. The van der Waals surface area contributed by atoms with E-state index in [1.165, 1.54) is 16.0 Å². The molecular weight excluding hydrogens is 254 g/mol. The summed E-state index contributed by atoms with van der Waals surface area (Å²) in [5.74, 6) is 0.567. The van der Waals surface area contributed by atoms with Crippen LogP contribution in [0.15, 0.2) is 48.4 Å². The molecule has 0 N–H and O–H groups in total. The molecule has 0 fully saturated rings. The maximum absolute atomic E-state index is 12.1. The Kier molecular flexibility index (Phi) is 6.43. The first-order valence-electron chi connectivity index (χ1n) is 6.28. The van der Waals surface area contributed by atoms with Gasteiger partial charge in [0, 0.05) is 18.0 Å². The number of benzene rings is 1. The highest BCUT2D eigenvalue weighted by Crippen LogP contribution is 2.23. The minimum atomic E-state index is 0.116. The summed E-state index contributed by atoms with van der Waals surface area (Å²) in [6.45, 7) is 12.6. The number of carbonyl (C=O) groups excluding carboxylic acids is 1. The van der Waals surface area contributed by atoms with Gasteiger partial charge in [0.15, 0.2) is 0 Å². The lowest BCUT2D eigenvalue weighted by Crippen LogP contribution is -2.32. The molecule has 3 heteroatoms. The van der Waals surface area contributed by atoms with E-state index in [9.17, 15) is 4.79 Å². The van der Waals surface area contributed by atoms with Crippen LogP contribution in [0.1, 0.15) is 11.1 Å². The highest BCUT2D eigenvalue weighted by molar-refractivity contribution is 8.00. The fourth-order valence-corrected chi connectivity index (χ4v) is 2.71. The first-order valence-corrected chi connectivity index (χ1v) is 7.26. The zero-order chi connectivity index (χ0) is 14.3. The van der Waals surface area contributed by atoms with Crippen molar-refractivity contribution in [2.24, 2.45) is 0 Å². The van der Waals surface area contributed by atoms with Crippen LogP contribution in [0.3, 0.4) is 0 Å². The predicted octanol–water partition coefficient (Wildman–Crippen LogP) is 3.60. The minimum Gasteiger partial charge on any atom is -0.335 e. The number of rotatable bonds is 7. The van der Waals surface area contributed by atoms with Crippen LogP contribution in [0, 0.1) is 13.8 Å². The van der Waals surface area contributed by atoms with Gasteiger partial charge in [-0.3, -0.25) is 4.79 Å². The molecule has 1 amide bonds. The van der Waals surface area contributed by atoms with Crippen LogP contribution in [0.25, 0.3) is 0 Å². The Morgan fingerprint density at radius 1 is 1.26 bits per heavy atom. The lowest BCUT2D eigenvalue weighted by atomic mass is 10.2. The third-order valence-electron chi connectivity index (χ3n) is 2.75. The quantitative estimate of drug-likeness (QED) is 0.560. The molecule has 1 rings (SSSR count). The van der Waals surface area contributed by atoms with E-state index in [1.54, 1.807) is 28.8 Å². The van der Waals surface area contributed by atoms with Crippen LogP contribution < -0.4 is 0 Å². The van der Waals surface area contributed by atoms with Crippen molar-refractivity contribution in [3.8, 4) is 0 Å². The molecule has 0 aliphatic heterocycles. The number of carbonyl (C=O) groups is 1. The van der Waals surface area contributed by atoms with Crippen LogP contribution in [0.2, 0.25) is 0 Å². The van der Waals surface area contributed by atoms with Crippen LogP contribution in [-0.2, 0) is 4.79 Å². The fourth-order valence-electron chi connectivity index (χ4n) is 1.68. The van der Waals surface area contributed by atoms with Crippen molar-refractivity contribution >= 4 is 17.7 Å². The van der Waals surface area contributed by atoms with Gasteiger partial charge >= 0.3 is 0 Å². The van der Waals surface area contributed by atoms with E-state index < -0.39 is 0 Å². The molecular formula is C16H21NOS. The molecule has 2 nitrogen and oxygen atoms in total. The second-order valence-electron chi connectivity index (χ2n) is 4.43. The molecule has 0 aromatic heterocycles. The smallest absolute Gasteiger partial charge is 0.233 e. The lowest BCUT2D eigenvalue weighted by Gasteiger charge is -2.19. The molecule has 0 bridgehead atoms. The number of thioether (sulfide) groups is 1. The number of hydrogen-bond acceptors (Lipinski definition) is 2. The maximum atomic E-state index is 12.1. The highest BCUT2D eigenvalue weighted by atomic mass is 32.2. The zero-order valence-electron chi connectivity index (χ0n) is 11.7. The molecule has 0 aliphatic rings. The molecule has 1 aromatic carbocycles. The first-order chi connectivity index (χ1) is 9.08. The monoisotopic (exact) mass is 275 g/mol. The van der Waals surface area contributed by atoms with Gasteiger partial charge in [0.2, 0.25) is 5.91 Å². The van der Waals surface area contributed by atoms with Crippen molar-refractivity contribution in [2.45, 2.75) is 18.7 Å². The molecule has 0 saturated carbocycles. The van der Waals surface area contributed by atoms with Crippen LogP contribution in [0.4, 0.5) is 0 Å². The third-order valence-corrected chi connectivity index (χ3v) is 3.89. The molecule has 0 heterocycles. The molecule has 0 aliphatic carbocycles. The van der Waals surface area contributed by atoms with E-state index in [0.29, 0.717) is 18.8 Å². The predicted molar refractivity (Wildman–Crippen MR) is 83.6 cm³/mol. The van der Waals surface area contributed by atoms with E-state index in [-0.39, 0.29) is 5.91 Å². The molecule has 102 valence electrons. The van der Waals surface area contributed by atoms with Gasteiger partial charge in [-0.05, 0) is 25.5 Å². The van der Waals surface area contributed by atoms with Gasteiger partial charge < -0.3 is 4.90 Å². The van der Waals surface area contributed by atoms with Gasteiger partial charge in [-0.2, -0.15) is 0 Å². The average molecular weight is 275 g/mol. The molecule has 0 saturated heterocycles. The summed E-state index contributed by atoms with van der Waals surface area (Å²) in [6.07, 6.45) is 3.48. The largest absolute Gasteiger partial charge is 0.335 e. The SMILES string of the molecule is C=CCN(CC=C)C(=O)CSc1cc(C)ccc1C.